The van der Waals surface area contributed by atoms with E-state index in [0.717, 1.165) is 44.3 Å². The van der Waals surface area contributed by atoms with E-state index in [1.165, 1.54) is 23.0 Å². The number of fused-ring (bicyclic) bond motifs is 4. The molecule has 3 aliphatic rings. The number of benzene rings is 2. The number of amides is 1. The van der Waals surface area contributed by atoms with Crippen LogP contribution in [0.3, 0.4) is 0 Å². The van der Waals surface area contributed by atoms with Gasteiger partial charge in [-0.3, -0.25) is 9.48 Å². The summed E-state index contributed by atoms with van der Waals surface area (Å²) >= 11 is 6.48. The monoisotopic (exact) mass is 745 g/mol. The highest BCUT2D eigenvalue weighted by atomic mass is 35.5. The van der Waals surface area contributed by atoms with Crippen LogP contribution < -0.4 is 9.64 Å². The normalized spacial score (nSPS) is 26.4. The van der Waals surface area contributed by atoms with Crippen molar-refractivity contribution in [3.63, 3.8) is 0 Å². The number of hydrogen-bond donors (Lipinski definition) is 0. The summed E-state index contributed by atoms with van der Waals surface area (Å²) in [6.07, 6.45) is 11.8. The van der Waals surface area contributed by atoms with E-state index in [-0.39, 0.29) is 29.7 Å². The number of ether oxygens (including phenoxy) is 3. The van der Waals surface area contributed by atoms with Gasteiger partial charge in [-0.1, -0.05) is 29.8 Å². The molecule has 0 N–H and O–H groups in total. The Balaban J connectivity index is 1.34. The smallest absolute Gasteiger partial charge is 0.285 e. The summed E-state index contributed by atoms with van der Waals surface area (Å²) in [5.74, 6) is 1.03. The van der Waals surface area contributed by atoms with Crippen molar-refractivity contribution in [1.29, 1.82) is 0 Å². The lowest BCUT2D eigenvalue weighted by Crippen LogP contribution is -2.43. The van der Waals surface area contributed by atoms with E-state index in [0.29, 0.717) is 52.9 Å². The van der Waals surface area contributed by atoms with Crippen molar-refractivity contribution in [3.8, 4) is 5.75 Å². The Morgan fingerprint density at radius 2 is 1.92 bits per heavy atom. The second-order valence-electron chi connectivity index (χ2n) is 13.7. The molecule has 12 nitrogen and oxygen atoms in total. The van der Waals surface area contributed by atoms with E-state index < -0.39 is 15.6 Å². The molecule has 1 fully saturated rings. The van der Waals surface area contributed by atoms with Gasteiger partial charge in [0, 0.05) is 56.9 Å². The summed E-state index contributed by atoms with van der Waals surface area (Å²) in [5, 5.41) is 5.63. The van der Waals surface area contributed by atoms with Crippen molar-refractivity contribution in [1.82, 2.24) is 19.7 Å². The van der Waals surface area contributed by atoms with E-state index in [1.54, 1.807) is 38.2 Å². The highest BCUT2D eigenvalue weighted by Crippen LogP contribution is 2.42. The number of carbonyl (C=O) groups excluding carboxylic acids is 1. The molecule has 4 aromatic rings. The SMILES string of the molecule is CO[C@H]1/C=C/[C@H](OC)CCS(=O)(/C=N/c2ncnc3nn(C)cc23)=NC(=O)c2ccc3c(c2)N(Cc2ccc(Cl)cc2CCCCO3)C[C@@H]2CC[C@H]21. The highest BCUT2D eigenvalue weighted by molar-refractivity contribution is 8.06. The molecular weight excluding hydrogens is 702 g/mol. The zero-order valence-electron chi connectivity index (χ0n) is 29.7. The molecule has 1 aliphatic carbocycles. The molecule has 7 rings (SSSR count). The van der Waals surface area contributed by atoms with E-state index >= 15 is 0 Å². The lowest BCUT2D eigenvalue weighted by molar-refractivity contribution is 0.0126. The van der Waals surface area contributed by atoms with Gasteiger partial charge < -0.3 is 19.1 Å². The third kappa shape index (κ3) is 8.07. The highest BCUT2D eigenvalue weighted by Gasteiger charge is 2.38. The van der Waals surface area contributed by atoms with Crippen molar-refractivity contribution in [2.45, 2.75) is 57.3 Å². The van der Waals surface area contributed by atoms with E-state index in [9.17, 15) is 9.00 Å². The standard InChI is InChI=1S/C38H44ClN7O5S/c1-45-22-32-36(40-23-41-37(32)43-45)42-24-52(48)17-15-30(49-2)11-14-34(50-3)31-12-8-28(31)21-46-20-27-7-10-29(39)18-25(27)6-4-5-16-51-35-13-9-26(19-33(35)46)38(47)44-52/h7,9-11,13-14,18-19,22-24,28,30-31,34H,4-6,8,12,15-17,20-21H2,1-3H3/b14-11+,42-24+/t28-,30-,31+,34-,52?/m0/s1. The molecule has 0 spiro atoms. The fourth-order valence-corrected chi connectivity index (χ4v) is 8.95. The van der Waals surface area contributed by atoms with Crippen molar-refractivity contribution < 1.29 is 23.2 Å². The third-order valence-electron chi connectivity index (χ3n) is 10.3. The maximum Gasteiger partial charge on any atom is 0.285 e. The number of aromatic nitrogens is 4. The maximum absolute atomic E-state index is 14.7. The van der Waals surface area contributed by atoms with Crippen LogP contribution in [0.2, 0.25) is 5.02 Å². The molecule has 52 heavy (non-hydrogen) atoms. The van der Waals surface area contributed by atoms with Crippen LogP contribution in [0.25, 0.3) is 11.0 Å². The molecule has 1 amide bonds. The number of hydrogen-bond acceptors (Lipinski definition) is 10. The zero-order chi connectivity index (χ0) is 36.2. The fraction of sp³-hybridized carbons (Fsp3) is 0.447. The quantitative estimate of drug-likeness (QED) is 0.127. The molecule has 1 unspecified atom stereocenters. The minimum atomic E-state index is -3.36. The molecule has 1 saturated carbocycles. The lowest BCUT2D eigenvalue weighted by Gasteiger charge is -2.43. The molecule has 2 bridgehead atoms. The Morgan fingerprint density at radius 1 is 1.04 bits per heavy atom. The Hall–Kier alpha value is -4.17. The molecule has 5 atom stereocenters. The molecule has 2 aromatic heterocycles. The summed E-state index contributed by atoms with van der Waals surface area (Å²) in [7, 11) is 1.77. The van der Waals surface area contributed by atoms with Gasteiger partial charge >= 0.3 is 0 Å². The number of anilines is 1. The van der Waals surface area contributed by atoms with Gasteiger partial charge in [0.1, 0.15) is 17.6 Å². The number of rotatable bonds is 4. The summed E-state index contributed by atoms with van der Waals surface area (Å²) in [6.45, 7) is 1.87. The van der Waals surface area contributed by atoms with Gasteiger partial charge in [-0.25, -0.2) is 19.2 Å². The zero-order valence-corrected chi connectivity index (χ0v) is 31.3. The molecule has 0 radical (unpaired) electrons. The number of nitrogens with zero attached hydrogens (tertiary/aromatic N) is 7. The molecular formula is C38H44ClN7O5S. The minimum absolute atomic E-state index is 0.0234. The number of methoxy groups -OCH3 is 2. The van der Waals surface area contributed by atoms with Crippen LogP contribution in [-0.2, 0) is 39.2 Å². The second-order valence-corrected chi connectivity index (χ2v) is 16.3. The van der Waals surface area contributed by atoms with Crippen LogP contribution in [0, 0.1) is 11.8 Å². The first kappa shape index (κ1) is 36.2. The molecule has 274 valence electrons. The number of halogens is 1. The lowest BCUT2D eigenvalue weighted by atomic mass is 9.70. The fourth-order valence-electron chi connectivity index (χ4n) is 7.29. The first-order chi connectivity index (χ1) is 25.2. The Kier molecular flexibility index (Phi) is 11.0. The summed E-state index contributed by atoms with van der Waals surface area (Å²) in [5.41, 5.74) is 5.21. The van der Waals surface area contributed by atoms with Crippen LogP contribution in [-0.4, -0.2) is 80.7 Å². The Labute approximate surface area is 309 Å². The maximum atomic E-state index is 14.7. The van der Waals surface area contributed by atoms with Gasteiger partial charge in [0.05, 0.1) is 39.6 Å². The van der Waals surface area contributed by atoms with Crippen molar-refractivity contribution >= 4 is 55.3 Å². The summed E-state index contributed by atoms with van der Waals surface area (Å²) in [4.78, 5) is 29.4. The van der Waals surface area contributed by atoms with Gasteiger partial charge in [0.2, 0.25) is 0 Å². The molecule has 4 heterocycles. The average Bonchev–Trinajstić information content (AvgIpc) is 3.51. The van der Waals surface area contributed by atoms with Crippen LogP contribution in [0.15, 0.2) is 70.4 Å². The largest absolute Gasteiger partial charge is 0.491 e. The van der Waals surface area contributed by atoms with Crippen molar-refractivity contribution in [2.24, 2.45) is 28.2 Å². The molecule has 0 saturated heterocycles. The molecule has 14 heteroatoms. The van der Waals surface area contributed by atoms with Crippen LogP contribution >= 0.6 is 11.6 Å². The van der Waals surface area contributed by atoms with E-state index in [1.807, 2.05) is 24.3 Å². The summed E-state index contributed by atoms with van der Waals surface area (Å²) in [6, 6.07) is 11.5. The number of aryl methyl sites for hydroxylation is 2. The summed E-state index contributed by atoms with van der Waals surface area (Å²) < 4.78 is 38.9. The van der Waals surface area contributed by atoms with Crippen molar-refractivity contribution in [3.05, 3.63) is 82.8 Å². The average molecular weight is 746 g/mol. The Morgan fingerprint density at radius 3 is 2.73 bits per heavy atom. The van der Waals surface area contributed by atoms with Crippen LogP contribution in [0.4, 0.5) is 11.5 Å². The van der Waals surface area contributed by atoms with Gasteiger partial charge in [-0.15, -0.1) is 0 Å². The second kappa shape index (κ2) is 15.8. The topological polar surface area (TPSA) is 133 Å². The minimum Gasteiger partial charge on any atom is -0.491 e. The van der Waals surface area contributed by atoms with Gasteiger partial charge in [0.15, 0.2) is 11.5 Å². The number of carbonyl (C=O) groups is 1. The van der Waals surface area contributed by atoms with Gasteiger partial charge in [-0.2, -0.15) is 9.46 Å². The molecule has 2 aromatic carbocycles. The predicted molar refractivity (Wildman–Crippen MR) is 203 cm³/mol. The van der Waals surface area contributed by atoms with Gasteiger partial charge in [0.25, 0.3) is 5.91 Å². The van der Waals surface area contributed by atoms with Gasteiger partial charge in [-0.05, 0) is 91.8 Å². The van der Waals surface area contributed by atoms with E-state index in [2.05, 4.69) is 47.5 Å². The number of aliphatic imine (C=N–C) groups is 1. The third-order valence-corrected chi connectivity index (χ3v) is 12.3. The van der Waals surface area contributed by atoms with Crippen molar-refractivity contribution in [2.75, 3.05) is 38.0 Å². The molecule has 2 aliphatic heterocycles. The Bertz CT molecular complexity index is 2130. The predicted octanol–water partition coefficient (Wildman–Crippen LogP) is 6.72. The van der Waals surface area contributed by atoms with Crippen LogP contribution in [0.1, 0.15) is 53.6 Å². The van der Waals surface area contributed by atoms with E-state index in [4.69, 9.17) is 25.8 Å². The first-order valence-corrected chi connectivity index (χ1v) is 19.8. The first-order valence-electron chi connectivity index (χ1n) is 17.7. The van der Waals surface area contributed by atoms with Crippen LogP contribution in [0.5, 0.6) is 5.75 Å².